The Morgan fingerprint density at radius 1 is 1.53 bits per heavy atom. The minimum atomic E-state index is 0.00757. The van der Waals surface area contributed by atoms with Crippen LogP contribution in [0.15, 0.2) is 23.4 Å². The fraction of sp³-hybridized carbons (Fsp3) is 0.538. The molecule has 1 amide bonds. The van der Waals surface area contributed by atoms with Gasteiger partial charge in [-0.15, -0.1) is 0 Å². The third-order valence-electron chi connectivity index (χ3n) is 2.20. The predicted molar refractivity (Wildman–Crippen MR) is 78.1 cm³/mol. The van der Waals surface area contributed by atoms with E-state index in [0.717, 1.165) is 11.4 Å². The van der Waals surface area contributed by atoms with E-state index in [1.807, 2.05) is 19.9 Å². The van der Waals surface area contributed by atoms with Gasteiger partial charge in [0.1, 0.15) is 0 Å². The van der Waals surface area contributed by atoms with Gasteiger partial charge in [0.25, 0.3) is 0 Å². The quantitative estimate of drug-likeness (QED) is 0.561. The number of nitrogens with two attached hydrogens (primary N) is 1. The van der Waals surface area contributed by atoms with Crippen molar-refractivity contribution < 1.29 is 9.53 Å². The summed E-state index contributed by atoms with van der Waals surface area (Å²) < 4.78 is 5.39. The Labute approximate surface area is 118 Å². The summed E-state index contributed by atoms with van der Waals surface area (Å²) in [7, 11) is 0. The van der Waals surface area contributed by atoms with Gasteiger partial charge in [0.05, 0.1) is 28.8 Å². The number of carbonyl (C=O) groups is 1. The zero-order valence-electron chi connectivity index (χ0n) is 11.4. The number of anilines is 1. The first-order chi connectivity index (χ1) is 9.08. The highest BCUT2D eigenvalue weighted by atomic mass is 32.2. The zero-order chi connectivity index (χ0) is 14.1. The lowest BCUT2D eigenvalue weighted by Crippen LogP contribution is -2.27. The lowest BCUT2D eigenvalue weighted by Gasteiger charge is -2.08. The Bertz CT molecular complexity index is 382. The van der Waals surface area contributed by atoms with Gasteiger partial charge in [0, 0.05) is 13.2 Å². The summed E-state index contributed by atoms with van der Waals surface area (Å²) in [5, 5.41) is 3.64. The molecule has 0 spiro atoms. The molecule has 0 bridgehead atoms. The van der Waals surface area contributed by atoms with Gasteiger partial charge in [-0.2, -0.15) is 0 Å². The van der Waals surface area contributed by atoms with Crippen molar-refractivity contribution in [3.63, 3.8) is 0 Å². The van der Waals surface area contributed by atoms with Crippen LogP contribution in [0.5, 0.6) is 0 Å². The van der Waals surface area contributed by atoms with Gasteiger partial charge in [-0.1, -0.05) is 11.8 Å². The summed E-state index contributed by atoms with van der Waals surface area (Å²) >= 11 is 1.40. The Balaban J connectivity index is 2.09. The lowest BCUT2D eigenvalue weighted by molar-refractivity contribution is -0.118. The van der Waals surface area contributed by atoms with E-state index in [-0.39, 0.29) is 12.0 Å². The Hall–Kier alpha value is -1.27. The van der Waals surface area contributed by atoms with E-state index < -0.39 is 0 Å². The van der Waals surface area contributed by atoms with Crippen LogP contribution < -0.4 is 11.1 Å². The van der Waals surface area contributed by atoms with E-state index in [1.54, 1.807) is 12.3 Å². The molecular formula is C13H21N3O2S. The maximum Gasteiger partial charge on any atom is 0.230 e. The summed E-state index contributed by atoms with van der Waals surface area (Å²) in [6.45, 7) is 5.30. The third kappa shape index (κ3) is 7.69. The van der Waals surface area contributed by atoms with Crippen molar-refractivity contribution in [2.24, 2.45) is 0 Å². The van der Waals surface area contributed by atoms with Crippen molar-refractivity contribution in [1.82, 2.24) is 10.3 Å². The van der Waals surface area contributed by atoms with Gasteiger partial charge in [0.15, 0.2) is 0 Å². The van der Waals surface area contributed by atoms with Gasteiger partial charge in [-0.25, -0.2) is 4.98 Å². The van der Waals surface area contributed by atoms with Crippen LogP contribution in [0.1, 0.15) is 20.3 Å². The molecule has 0 aliphatic rings. The van der Waals surface area contributed by atoms with E-state index >= 15 is 0 Å². The van der Waals surface area contributed by atoms with E-state index in [9.17, 15) is 4.79 Å². The van der Waals surface area contributed by atoms with E-state index in [2.05, 4.69) is 10.3 Å². The SMILES string of the molecule is CC(C)OCCCNC(=O)CSc1ccc(N)cn1. The number of aromatic nitrogens is 1. The maximum atomic E-state index is 11.6. The van der Waals surface area contributed by atoms with Gasteiger partial charge in [0.2, 0.25) is 5.91 Å². The third-order valence-corrected chi connectivity index (χ3v) is 3.15. The molecule has 0 atom stereocenters. The molecule has 0 radical (unpaired) electrons. The van der Waals surface area contributed by atoms with E-state index in [0.29, 0.717) is 24.6 Å². The minimum Gasteiger partial charge on any atom is -0.397 e. The Morgan fingerprint density at radius 3 is 2.95 bits per heavy atom. The number of amides is 1. The molecule has 0 aliphatic heterocycles. The van der Waals surface area contributed by atoms with Crippen molar-refractivity contribution in [3.05, 3.63) is 18.3 Å². The number of rotatable bonds is 8. The first-order valence-electron chi connectivity index (χ1n) is 6.30. The molecule has 6 heteroatoms. The van der Waals surface area contributed by atoms with E-state index in [1.165, 1.54) is 11.8 Å². The van der Waals surface area contributed by atoms with Crippen LogP contribution in [-0.4, -0.2) is 35.9 Å². The van der Waals surface area contributed by atoms with E-state index in [4.69, 9.17) is 10.5 Å². The molecule has 0 fully saturated rings. The highest BCUT2D eigenvalue weighted by molar-refractivity contribution is 7.99. The van der Waals surface area contributed by atoms with Crippen LogP contribution >= 0.6 is 11.8 Å². The number of ether oxygens (including phenoxy) is 1. The standard InChI is InChI=1S/C13H21N3O2S/c1-10(2)18-7-3-6-15-12(17)9-19-13-5-4-11(14)8-16-13/h4-5,8,10H,3,6-7,9,14H2,1-2H3,(H,15,17). The molecule has 1 rings (SSSR count). The van der Waals surface area contributed by atoms with Crippen LogP contribution in [0, 0.1) is 0 Å². The molecule has 19 heavy (non-hydrogen) atoms. The molecule has 0 saturated carbocycles. The van der Waals surface area contributed by atoms with Crippen molar-refractivity contribution in [1.29, 1.82) is 0 Å². The van der Waals surface area contributed by atoms with Crippen molar-refractivity contribution in [2.75, 3.05) is 24.6 Å². The second-order valence-electron chi connectivity index (χ2n) is 4.34. The van der Waals surface area contributed by atoms with Crippen molar-refractivity contribution in [2.45, 2.75) is 31.4 Å². The molecule has 1 aromatic rings. The second kappa shape index (κ2) is 8.77. The molecular weight excluding hydrogens is 262 g/mol. The number of thioether (sulfide) groups is 1. The number of hydrogen-bond donors (Lipinski definition) is 2. The Kier molecular flexibility index (Phi) is 7.28. The number of carbonyl (C=O) groups excluding carboxylic acids is 1. The molecule has 3 N–H and O–H groups in total. The molecule has 5 nitrogen and oxygen atoms in total. The summed E-state index contributed by atoms with van der Waals surface area (Å²) in [4.78, 5) is 15.7. The largest absolute Gasteiger partial charge is 0.397 e. The molecule has 0 aliphatic carbocycles. The van der Waals surface area contributed by atoms with Gasteiger partial charge >= 0.3 is 0 Å². The fourth-order valence-corrected chi connectivity index (χ4v) is 1.96. The summed E-state index contributed by atoms with van der Waals surface area (Å²) in [6, 6.07) is 3.58. The number of nitrogen functional groups attached to an aromatic ring is 1. The number of pyridine rings is 1. The van der Waals surface area contributed by atoms with Gasteiger partial charge in [-0.05, 0) is 32.4 Å². The smallest absolute Gasteiger partial charge is 0.230 e. The van der Waals surface area contributed by atoms with Gasteiger partial charge in [-0.3, -0.25) is 4.79 Å². The monoisotopic (exact) mass is 283 g/mol. The highest BCUT2D eigenvalue weighted by Gasteiger charge is 2.03. The highest BCUT2D eigenvalue weighted by Crippen LogP contribution is 2.15. The topological polar surface area (TPSA) is 77.2 Å². The molecule has 0 unspecified atom stereocenters. The second-order valence-corrected chi connectivity index (χ2v) is 5.34. The lowest BCUT2D eigenvalue weighted by atomic mass is 10.4. The van der Waals surface area contributed by atoms with Gasteiger partial charge < -0.3 is 15.8 Å². The van der Waals surface area contributed by atoms with Crippen molar-refractivity contribution >= 4 is 23.4 Å². The fourth-order valence-electron chi connectivity index (χ4n) is 1.29. The van der Waals surface area contributed by atoms with Crippen LogP contribution in [-0.2, 0) is 9.53 Å². The molecule has 1 heterocycles. The number of nitrogens with zero attached hydrogens (tertiary/aromatic N) is 1. The summed E-state index contributed by atoms with van der Waals surface area (Å²) in [5.41, 5.74) is 6.16. The predicted octanol–water partition coefficient (Wildman–Crippen LogP) is 1.69. The van der Waals surface area contributed by atoms with Crippen molar-refractivity contribution in [3.8, 4) is 0 Å². The average Bonchev–Trinajstić information content (AvgIpc) is 2.37. The molecule has 1 aromatic heterocycles. The number of nitrogens with one attached hydrogen (secondary N) is 1. The summed E-state index contributed by atoms with van der Waals surface area (Å²) in [6.07, 6.45) is 2.65. The maximum absolute atomic E-state index is 11.6. The Morgan fingerprint density at radius 2 is 2.32 bits per heavy atom. The number of hydrogen-bond acceptors (Lipinski definition) is 5. The normalized spacial score (nSPS) is 10.7. The first-order valence-corrected chi connectivity index (χ1v) is 7.29. The molecule has 0 aromatic carbocycles. The zero-order valence-corrected chi connectivity index (χ0v) is 12.2. The van der Waals surface area contributed by atoms with Crippen LogP contribution in [0.4, 0.5) is 5.69 Å². The minimum absolute atomic E-state index is 0.00757. The molecule has 0 saturated heterocycles. The van der Waals surface area contributed by atoms with Crippen LogP contribution in [0.3, 0.4) is 0 Å². The summed E-state index contributed by atoms with van der Waals surface area (Å²) in [5.74, 6) is 0.371. The first kappa shape index (κ1) is 15.8. The average molecular weight is 283 g/mol. The molecule has 106 valence electrons. The van der Waals surface area contributed by atoms with Crippen LogP contribution in [0.2, 0.25) is 0 Å². The van der Waals surface area contributed by atoms with Crippen LogP contribution in [0.25, 0.3) is 0 Å².